The van der Waals surface area contributed by atoms with Crippen molar-refractivity contribution in [1.82, 2.24) is 15.3 Å². The standard InChI is InChI=1S/C11H19N3S/c1-3-5-12-6-4-7-15-11-13-8-10(2)9-14-11/h8-9,12H,3-7H2,1-2H3. The summed E-state index contributed by atoms with van der Waals surface area (Å²) in [6.45, 7) is 6.39. The molecule has 0 aromatic carbocycles. The van der Waals surface area contributed by atoms with Gasteiger partial charge in [-0.2, -0.15) is 0 Å². The van der Waals surface area contributed by atoms with Crippen molar-refractivity contribution < 1.29 is 0 Å². The van der Waals surface area contributed by atoms with Crippen LogP contribution in [0.25, 0.3) is 0 Å². The summed E-state index contributed by atoms with van der Waals surface area (Å²) in [7, 11) is 0. The number of aryl methyl sites for hydroxylation is 1. The molecule has 0 aliphatic rings. The van der Waals surface area contributed by atoms with Gasteiger partial charge in [0.25, 0.3) is 0 Å². The molecule has 0 fully saturated rings. The number of hydrogen-bond acceptors (Lipinski definition) is 4. The zero-order valence-electron chi connectivity index (χ0n) is 9.49. The summed E-state index contributed by atoms with van der Waals surface area (Å²) in [5, 5.41) is 4.26. The van der Waals surface area contributed by atoms with E-state index in [1.165, 1.54) is 12.8 Å². The van der Waals surface area contributed by atoms with Crippen molar-refractivity contribution in [3.63, 3.8) is 0 Å². The maximum Gasteiger partial charge on any atom is 0.187 e. The molecular weight excluding hydrogens is 206 g/mol. The zero-order chi connectivity index (χ0) is 10.9. The Labute approximate surface area is 96.1 Å². The number of rotatable bonds is 7. The van der Waals surface area contributed by atoms with E-state index in [1.54, 1.807) is 11.8 Å². The lowest BCUT2D eigenvalue weighted by atomic mass is 10.4. The largest absolute Gasteiger partial charge is 0.317 e. The molecule has 0 amide bonds. The van der Waals surface area contributed by atoms with Crippen molar-refractivity contribution in [1.29, 1.82) is 0 Å². The first-order chi connectivity index (χ1) is 7.33. The lowest BCUT2D eigenvalue weighted by Crippen LogP contribution is -2.16. The molecule has 1 aromatic heterocycles. The molecule has 0 aliphatic carbocycles. The zero-order valence-corrected chi connectivity index (χ0v) is 10.3. The number of nitrogens with zero attached hydrogens (tertiary/aromatic N) is 2. The molecule has 0 radical (unpaired) electrons. The van der Waals surface area contributed by atoms with E-state index in [0.29, 0.717) is 0 Å². The van der Waals surface area contributed by atoms with Gasteiger partial charge in [-0.25, -0.2) is 9.97 Å². The first-order valence-corrected chi connectivity index (χ1v) is 6.43. The van der Waals surface area contributed by atoms with Gasteiger partial charge in [0.1, 0.15) is 0 Å². The molecule has 1 N–H and O–H groups in total. The first-order valence-electron chi connectivity index (χ1n) is 5.45. The summed E-state index contributed by atoms with van der Waals surface area (Å²) >= 11 is 1.72. The number of nitrogens with one attached hydrogen (secondary N) is 1. The number of aromatic nitrogens is 2. The molecule has 3 nitrogen and oxygen atoms in total. The van der Waals surface area contributed by atoms with Gasteiger partial charge >= 0.3 is 0 Å². The Morgan fingerprint density at radius 2 is 2.00 bits per heavy atom. The molecule has 4 heteroatoms. The van der Waals surface area contributed by atoms with Crippen LogP contribution in [0.2, 0.25) is 0 Å². The molecule has 1 heterocycles. The quantitative estimate of drug-likeness (QED) is 0.439. The summed E-state index contributed by atoms with van der Waals surface area (Å²) in [4.78, 5) is 8.49. The highest BCUT2D eigenvalue weighted by molar-refractivity contribution is 7.99. The normalized spacial score (nSPS) is 10.5. The Morgan fingerprint density at radius 3 is 2.67 bits per heavy atom. The van der Waals surface area contributed by atoms with E-state index in [2.05, 4.69) is 22.2 Å². The molecule has 0 atom stereocenters. The molecule has 84 valence electrons. The number of hydrogen-bond donors (Lipinski definition) is 1. The molecule has 0 aliphatic heterocycles. The van der Waals surface area contributed by atoms with Crippen molar-refractivity contribution in [3.05, 3.63) is 18.0 Å². The fourth-order valence-corrected chi connectivity index (χ4v) is 1.84. The lowest BCUT2D eigenvalue weighted by molar-refractivity contribution is 0.664. The van der Waals surface area contributed by atoms with Crippen LogP contribution in [-0.2, 0) is 0 Å². The predicted molar refractivity (Wildman–Crippen MR) is 65.3 cm³/mol. The van der Waals surface area contributed by atoms with E-state index in [1.807, 2.05) is 19.3 Å². The van der Waals surface area contributed by atoms with Crippen molar-refractivity contribution in [2.24, 2.45) is 0 Å². The minimum Gasteiger partial charge on any atom is -0.317 e. The minimum atomic E-state index is 0.885. The third kappa shape index (κ3) is 5.74. The molecule has 0 saturated heterocycles. The van der Waals surface area contributed by atoms with Crippen LogP contribution in [0.15, 0.2) is 17.6 Å². The third-order valence-corrected chi connectivity index (χ3v) is 2.87. The van der Waals surface area contributed by atoms with Gasteiger partial charge in [0.05, 0.1) is 0 Å². The summed E-state index contributed by atoms with van der Waals surface area (Å²) in [6, 6.07) is 0. The maximum atomic E-state index is 4.24. The van der Waals surface area contributed by atoms with Gasteiger partial charge in [0.15, 0.2) is 5.16 Å². The summed E-state index contributed by atoms with van der Waals surface area (Å²) < 4.78 is 0. The van der Waals surface area contributed by atoms with Crippen LogP contribution in [0.3, 0.4) is 0 Å². The van der Waals surface area contributed by atoms with E-state index in [9.17, 15) is 0 Å². The SMILES string of the molecule is CCCNCCCSc1ncc(C)cn1. The predicted octanol–water partition coefficient (Wildman–Crippen LogP) is 2.27. The molecule has 0 unspecified atom stereocenters. The average molecular weight is 225 g/mol. The Kier molecular flexibility index (Phi) is 6.36. The van der Waals surface area contributed by atoms with Crippen LogP contribution >= 0.6 is 11.8 Å². The molecule has 1 rings (SSSR count). The minimum absolute atomic E-state index is 0.885. The molecule has 0 saturated carbocycles. The van der Waals surface area contributed by atoms with E-state index < -0.39 is 0 Å². The second-order valence-corrected chi connectivity index (χ2v) is 4.56. The van der Waals surface area contributed by atoms with Gasteiger partial charge in [0.2, 0.25) is 0 Å². The second kappa shape index (κ2) is 7.65. The molecule has 1 aromatic rings. The van der Waals surface area contributed by atoms with Crippen LogP contribution in [0.4, 0.5) is 0 Å². The maximum absolute atomic E-state index is 4.24. The Hall–Kier alpha value is -0.610. The third-order valence-electron chi connectivity index (χ3n) is 1.91. The molecular formula is C11H19N3S. The Morgan fingerprint density at radius 1 is 1.27 bits per heavy atom. The van der Waals surface area contributed by atoms with Gasteiger partial charge in [-0.3, -0.25) is 0 Å². The highest BCUT2D eigenvalue weighted by atomic mass is 32.2. The van der Waals surface area contributed by atoms with E-state index in [-0.39, 0.29) is 0 Å². The van der Waals surface area contributed by atoms with Gasteiger partial charge in [0, 0.05) is 18.1 Å². The van der Waals surface area contributed by atoms with Gasteiger partial charge in [-0.1, -0.05) is 18.7 Å². The monoisotopic (exact) mass is 225 g/mol. The lowest BCUT2D eigenvalue weighted by Gasteiger charge is -2.02. The van der Waals surface area contributed by atoms with Crippen LogP contribution < -0.4 is 5.32 Å². The van der Waals surface area contributed by atoms with Crippen molar-refractivity contribution in [2.75, 3.05) is 18.8 Å². The Balaban J connectivity index is 2.07. The topological polar surface area (TPSA) is 37.8 Å². The van der Waals surface area contributed by atoms with E-state index in [0.717, 1.165) is 29.6 Å². The average Bonchev–Trinajstić information content (AvgIpc) is 2.26. The first kappa shape index (κ1) is 12.5. The smallest absolute Gasteiger partial charge is 0.187 e. The van der Waals surface area contributed by atoms with Crippen molar-refractivity contribution >= 4 is 11.8 Å². The van der Waals surface area contributed by atoms with Crippen LogP contribution in [0.1, 0.15) is 25.3 Å². The summed E-state index contributed by atoms with van der Waals surface area (Å²) in [6.07, 6.45) is 6.10. The molecule has 15 heavy (non-hydrogen) atoms. The second-order valence-electron chi connectivity index (χ2n) is 3.50. The fourth-order valence-electron chi connectivity index (χ4n) is 1.12. The molecule has 0 spiro atoms. The molecule has 0 bridgehead atoms. The summed E-state index contributed by atoms with van der Waals surface area (Å²) in [5.41, 5.74) is 1.11. The highest BCUT2D eigenvalue weighted by Crippen LogP contribution is 2.12. The van der Waals surface area contributed by atoms with Crippen molar-refractivity contribution in [2.45, 2.75) is 31.8 Å². The van der Waals surface area contributed by atoms with E-state index >= 15 is 0 Å². The van der Waals surface area contributed by atoms with Crippen LogP contribution in [0.5, 0.6) is 0 Å². The fraction of sp³-hybridized carbons (Fsp3) is 0.636. The van der Waals surface area contributed by atoms with Crippen molar-refractivity contribution in [3.8, 4) is 0 Å². The van der Waals surface area contributed by atoms with Gasteiger partial charge in [-0.05, 0) is 38.4 Å². The number of thioether (sulfide) groups is 1. The van der Waals surface area contributed by atoms with E-state index in [4.69, 9.17) is 0 Å². The summed E-state index contributed by atoms with van der Waals surface area (Å²) in [5.74, 6) is 1.08. The van der Waals surface area contributed by atoms with Gasteiger partial charge in [-0.15, -0.1) is 0 Å². The Bertz CT molecular complexity index is 261. The van der Waals surface area contributed by atoms with Crippen LogP contribution in [-0.4, -0.2) is 28.8 Å². The van der Waals surface area contributed by atoms with Gasteiger partial charge < -0.3 is 5.32 Å². The highest BCUT2D eigenvalue weighted by Gasteiger charge is 1.96. The van der Waals surface area contributed by atoms with Crippen LogP contribution in [0, 0.1) is 6.92 Å².